The summed E-state index contributed by atoms with van der Waals surface area (Å²) in [6.07, 6.45) is 1.01. The number of halogens is 1. The van der Waals surface area contributed by atoms with Crippen LogP contribution in [-0.2, 0) is 6.42 Å². The van der Waals surface area contributed by atoms with E-state index in [-0.39, 0.29) is 0 Å². The first-order valence-electron chi connectivity index (χ1n) is 5.69. The van der Waals surface area contributed by atoms with E-state index >= 15 is 0 Å². The molecule has 17 heavy (non-hydrogen) atoms. The smallest absolute Gasteiger partial charge is 0.0314 e. The number of nitrogens with two attached hydrogens (primary N) is 1. The van der Waals surface area contributed by atoms with Crippen LogP contribution in [-0.4, -0.2) is 6.54 Å². The lowest BCUT2D eigenvalue weighted by Gasteiger charge is -2.15. The molecule has 1 aromatic heterocycles. The number of aryl methyl sites for hydroxylation is 1. The van der Waals surface area contributed by atoms with Crippen molar-refractivity contribution in [3.05, 3.63) is 56.2 Å². The first-order chi connectivity index (χ1) is 8.20. The quantitative estimate of drug-likeness (QED) is 0.904. The van der Waals surface area contributed by atoms with Gasteiger partial charge in [0, 0.05) is 15.3 Å². The summed E-state index contributed by atoms with van der Waals surface area (Å²) in [5.41, 5.74) is 8.55. The fourth-order valence-electron chi connectivity index (χ4n) is 1.96. The van der Waals surface area contributed by atoms with Crippen LogP contribution in [0.15, 0.2) is 40.2 Å². The predicted molar refractivity (Wildman–Crippen MR) is 78.7 cm³/mol. The lowest BCUT2D eigenvalue weighted by atomic mass is 9.94. The maximum Gasteiger partial charge on any atom is 0.0314 e. The largest absolute Gasteiger partial charge is 0.330 e. The number of thiophene rings is 1. The summed E-state index contributed by atoms with van der Waals surface area (Å²) >= 11 is 5.37. The van der Waals surface area contributed by atoms with Gasteiger partial charge in [-0.1, -0.05) is 29.8 Å². The Morgan fingerprint density at radius 3 is 2.76 bits per heavy atom. The van der Waals surface area contributed by atoms with E-state index < -0.39 is 0 Å². The number of hydrogen-bond acceptors (Lipinski definition) is 2. The van der Waals surface area contributed by atoms with Crippen LogP contribution in [0.3, 0.4) is 0 Å². The van der Waals surface area contributed by atoms with Gasteiger partial charge in [0.15, 0.2) is 0 Å². The third kappa shape index (κ3) is 3.18. The highest BCUT2D eigenvalue weighted by Gasteiger charge is 2.13. The second kappa shape index (κ2) is 5.80. The predicted octanol–water partition coefficient (Wildman–Crippen LogP) is 4.10. The Bertz CT molecular complexity index is 492. The summed E-state index contributed by atoms with van der Waals surface area (Å²) in [5.74, 6) is 0.407. The highest BCUT2D eigenvalue weighted by Crippen LogP contribution is 2.29. The van der Waals surface area contributed by atoms with Crippen LogP contribution in [0.2, 0.25) is 0 Å². The van der Waals surface area contributed by atoms with Crippen molar-refractivity contribution in [3.63, 3.8) is 0 Å². The molecule has 0 bridgehead atoms. The molecule has 1 atom stereocenters. The highest BCUT2D eigenvalue weighted by molar-refractivity contribution is 9.10. The molecule has 0 aliphatic heterocycles. The SMILES string of the molecule is Cc1cccc(C(CN)Cc2sccc2Br)c1. The molecule has 1 nitrogen and oxygen atoms in total. The van der Waals surface area contributed by atoms with E-state index in [0.29, 0.717) is 12.5 Å². The van der Waals surface area contributed by atoms with Crippen molar-refractivity contribution >= 4 is 27.3 Å². The molecule has 0 aliphatic carbocycles. The Morgan fingerprint density at radius 1 is 1.35 bits per heavy atom. The standard InChI is InChI=1S/C14H16BrNS/c1-10-3-2-4-11(7-10)12(9-16)8-14-13(15)5-6-17-14/h2-7,12H,8-9,16H2,1H3. The Balaban J connectivity index is 2.20. The van der Waals surface area contributed by atoms with Gasteiger partial charge in [-0.3, -0.25) is 0 Å². The van der Waals surface area contributed by atoms with Crippen LogP contribution >= 0.6 is 27.3 Å². The minimum atomic E-state index is 0.407. The summed E-state index contributed by atoms with van der Waals surface area (Å²) in [6.45, 7) is 2.81. The molecule has 2 N–H and O–H groups in total. The van der Waals surface area contributed by atoms with Gasteiger partial charge in [0.05, 0.1) is 0 Å². The van der Waals surface area contributed by atoms with Crippen molar-refractivity contribution in [2.24, 2.45) is 5.73 Å². The van der Waals surface area contributed by atoms with Crippen molar-refractivity contribution in [1.29, 1.82) is 0 Å². The maximum absolute atomic E-state index is 5.91. The molecule has 0 spiro atoms. The average molecular weight is 310 g/mol. The Labute approximate surface area is 115 Å². The topological polar surface area (TPSA) is 26.0 Å². The van der Waals surface area contributed by atoms with Crippen LogP contribution in [0.25, 0.3) is 0 Å². The number of benzene rings is 1. The molecule has 0 saturated heterocycles. The first kappa shape index (κ1) is 12.8. The highest BCUT2D eigenvalue weighted by atomic mass is 79.9. The zero-order chi connectivity index (χ0) is 12.3. The molecule has 0 saturated carbocycles. The van der Waals surface area contributed by atoms with Gasteiger partial charge in [-0.15, -0.1) is 11.3 Å². The first-order valence-corrected chi connectivity index (χ1v) is 7.36. The van der Waals surface area contributed by atoms with Gasteiger partial charge in [-0.25, -0.2) is 0 Å². The summed E-state index contributed by atoms with van der Waals surface area (Å²) in [6, 6.07) is 10.7. The molecule has 0 aliphatic rings. The molecule has 2 rings (SSSR count). The van der Waals surface area contributed by atoms with Gasteiger partial charge in [-0.05, 0) is 52.8 Å². The molecule has 0 radical (unpaired) electrons. The van der Waals surface area contributed by atoms with Crippen LogP contribution < -0.4 is 5.73 Å². The minimum absolute atomic E-state index is 0.407. The molecule has 0 fully saturated rings. The zero-order valence-electron chi connectivity index (χ0n) is 9.82. The lowest BCUT2D eigenvalue weighted by molar-refractivity contribution is 0.699. The second-order valence-corrected chi connectivity index (χ2v) is 6.10. The summed E-state index contributed by atoms with van der Waals surface area (Å²) in [7, 11) is 0. The van der Waals surface area contributed by atoms with E-state index in [0.717, 1.165) is 6.42 Å². The summed E-state index contributed by atoms with van der Waals surface area (Å²) < 4.78 is 1.20. The molecule has 1 aromatic carbocycles. The van der Waals surface area contributed by atoms with Gasteiger partial charge in [0.2, 0.25) is 0 Å². The van der Waals surface area contributed by atoms with Crippen LogP contribution in [0.4, 0.5) is 0 Å². The molecule has 0 amide bonds. The van der Waals surface area contributed by atoms with E-state index in [9.17, 15) is 0 Å². The fourth-order valence-corrected chi connectivity index (χ4v) is 3.55. The Hall–Kier alpha value is -0.640. The summed E-state index contributed by atoms with van der Waals surface area (Å²) in [5, 5.41) is 2.11. The molecular formula is C14H16BrNS. The van der Waals surface area contributed by atoms with Crippen molar-refractivity contribution in [2.75, 3.05) is 6.54 Å². The van der Waals surface area contributed by atoms with E-state index in [2.05, 4.69) is 58.6 Å². The molecule has 2 aromatic rings. The summed E-state index contributed by atoms with van der Waals surface area (Å²) in [4.78, 5) is 1.38. The zero-order valence-corrected chi connectivity index (χ0v) is 12.2. The third-order valence-corrected chi connectivity index (χ3v) is 4.87. The van der Waals surface area contributed by atoms with Crippen LogP contribution in [0, 0.1) is 6.92 Å². The molecule has 90 valence electrons. The molecule has 1 heterocycles. The molecular weight excluding hydrogens is 294 g/mol. The second-order valence-electron chi connectivity index (χ2n) is 4.24. The van der Waals surface area contributed by atoms with Gasteiger partial charge in [-0.2, -0.15) is 0 Å². The van der Waals surface area contributed by atoms with Crippen molar-refractivity contribution in [2.45, 2.75) is 19.3 Å². The van der Waals surface area contributed by atoms with Gasteiger partial charge >= 0.3 is 0 Å². The van der Waals surface area contributed by atoms with Crippen molar-refractivity contribution < 1.29 is 0 Å². The average Bonchev–Trinajstić information content (AvgIpc) is 2.71. The van der Waals surface area contributed by atoms with Gasteiger partial charge < -0.3 is 5.73 Å². The van der Waals surface area contributed by atoms with E-state index in [1.54, 1.807) is 11.3 Å². The van der Waals surface area contributed by atoms with Crippen LogP contribution in [0.1, 0.15) is 21.9 Å². The van der Waals surface area contributed by atoms with Crippen molar-refractivity contribution in [1.82, 2.24) is 0 Å². The van der Waals surface area contributed by atoms with E-state index in [4.69, 9.17) is 5.73 Å². The molecule has 1 unspecified atom stereocenters. The van der Waals surface area contributed by atoms with Crippen molar-refractivity contribution in [3.8, 4) is 0 Å². The van der Waals surface area contributed by atoms with E-state index in [1.807, 2.05) is 0 Å². The Morgan fingerprint density at radius 2 is 2.18 bits per heavy atom. The minimum Gasteiger partial charge on any atom is -0.330 e. The monoisotopic (exact) mass is 309 g/mol. The maximum atomic E-state index is 5.91. The lowest BCUT2D eigenvalue weighted by Crippen LogP contribution is -2.14. The van der Waals surface area contributed by atoms with Crippen LogP contribution in [0.5, 0.6) is 0 Å². The third-order valence-electron chi connectivity index (χ3n) is 2.92. The van der Waals surface area contributed by atoms with E-state index in [1.165, 1.54) is 20.5 Å². The fraction of sp³-hybridized carbons (Fsp3) is 0.286. The number of rotatable bonds is 4. The van der Waals surface area contributed by atoms with Gasteiger partial charge in [0.1, 0.15) is 0 Å². The Kier molecular flexibility index (Phi) is 4.37. The van der Waals surface area contributed by atoms with Gasteiger partial charge in [0.25, 0.3) is 0 Å². The number of hydrogen-bond donors (Lipinski definition) is 1. The molecule has 3 heteroatoms. The normalized spacial score (nSPS) is 12.6.